The smallest absolute Gasteiger partial charge is 0.317 e. The number of β-amino-alcohol motifs (C(OH)–C–C–N with tert-alkyl or cyclic N) is 1. The van der Waals surface area contributed by atoms with Crippen LogP contribution >= 0.6 is 0 Å². The lowest BCUT2D eigenvalue weighted by Crippen LogP contribution is -2.50. The number of aliphatic hydroxyl groups is 1. The first-order valence-electron chi connectivity index (χ1n) is 7.12. The number of aliphatic hydroxyl groups excluding tert-OH is 1. The van der Waals surface area contributed by atoms with E-state index in [9.17, 15) is 18.7 Å². The van der Waals surface area contributed by atoms with Crippen molar-refractivity contribution in [2.45, 2.75) is 25.9 Å². The van der Waals surface area contributed by atoms with Crippen molar-refractivity contribution in [2.75, 3.05) is 19.6 Å². The number of benzene rings is 1. The van der Waals surface area contributed by atoms with Crippen LogP contribution in [0.4, 0.5) is 13.6 Å². The number of nitrogens with one attached hydrogen (secondary N) is 1. The maximum atomic E-state index is 13.4. The van der Waals surface area contributed by atoms with Gasteiger partial charge in [0.15, 0.2) is 0 Å². The lowest BCUT2D eigenvalue weighted by atomic mass is 9.96. The number of hydrogen-bond acceptors (Lipinski definition) is 2. The van der Waals surface area contributed by atoms with Gasteiger partial charge >= 0.3 is 6.03 Å². The van der Waals surface area contributed by atoms with Crippen molar-refractivity contribution >= 4 is 6.03 Å². The van der Waals surface area contributed by atoms with Gasteiger partial charge in [0.25, 0.3) is 0 Å². The Hall–Kier alpha value is -1.69. The number of halogens is 2. The summed E-state index contributed by atoms with van der Waals surface area (Å²) in [5.41, 5.74) is -0.0231. The number of amides is 2. The van der Waals surface area contributed by atoms with Crippen LogP contribution in [0.15, 0.2) is 18.2 Å². The highest BCUT2D eigenvalue weighted by atomic mass is 19.1. The van der Waals surface area contributed by atoms with Gasteiger partial charge in [-0.2, -0.15) is 0 Å². The fourth-order valence-electron chi connectivity index (χ4n) is 2.41. The number of nitrogens with zero attached hydrogens (tertiary/aromatic N) is 1. The molecule has 0 saturated carbocycles. The molecule has 6 heteroatoms. The minimum absolute atomic E-state index is 0.0231. The molecule has 2 amide bonds. The molecule has 21 heavy (non-hydrogen) atoms. The summed E-state index contributed by atoms with van der Waals surface area (Å²) >= 11 is 0. The SMILES string of the molecule is CC1CCN(C(=O)NCCc2c(F)cccc2F)CC1O. The van der Waals surface area contributed by atoms with Crippen LogP contribution in [0, 0.1) is 17.6 Å². The van der Waals surface area contributed by atoms with Crippen LogP contribution in [0.2, 0.25) is 0 Å². The fourth-order valence-corrected chi connectivity index (χ4v) is 2.41. The van der Waals surface area contributed by atoms with E-state index in [4.69, 9.17) is 0 Å². The van der Waals surface area contributed by atoms with E-state index in [1.807, 2.05) is 6.92 Å². The number of piperidine rings is 1. The Morgan fingerprint density at radius 3 is 2.71 bits per heavy atom. The molecule has 0 spiro atoms. The van der Waals surface area contributed by atoms with E-state index >= 15 is 0 Å². The van der Waals surface area contributed by atoms with Crippen LogP contribution < -0.4 is 5.32 Å². The van der Waals surface area contributed by atoms with E-state index in [1.165, 1.54) is 23.1 Å². The van der Waals surface area contributed by atoms with Gasteiger partial charge in [0, 0.05) is 25.2 Å². The van der Waals surface area contributed by atoms with Gasteiger partial charge in [-0.15, -0.1) is 0 Å². The monoisotopic (exact) mass is 298 g/mol. The number of likely N-dealkylation sites (tertiary alicyclic amines) is 1. The first kappa shape index (κ1) is 15.7. The Morgan fingerprint density at radius 1 is 1.43 bits per heavy atom. The van der Waals surface area contributed by atoms with E-state index in [2.05, 4.69) is 5.32 Å². The molecule has 1 aromatic carbocycles. The molecule has 1 aromatic rings. The van der Waals surface area contributed by atoms with Gasteiger partial charge in [-0.1, -0.05) is 13.0 Å². The van der Waals surface area contributed by atoms with E-state index in [0.29, 0.717) is 13.1 Å². The number of hydrogen-bond donors (Lipinski definition) is 2. The summed E-state index contributed by atoms with van der Waals surface area (Å²) in [6.45, 7) is 2.97. The molecule has 1 fully saturated rings. The van der Waals surface area contributed by atoms with Crippen molar-refractivity contribution in [3.63, 3.8) is 0 Å². The summed E-state index contributed by atoms with van der Waals surface area (Å²) in [5, 5.41) is 12.4. The van der Waals surface area contributed by atoms with Crippen molar-refractivity contribution in [1.29, 1.82) is 0 Å². The largest absolute Gasteiger partial charge is 0.391 e. The first-order chi connectivity index (χ1) is 9.99. The van der Waals surface area contributed by atoms with Gasteiger partial charge in [0.2, 0.25) is 0 Å². The average Bonchev–Trinajstić information content (AvgIpc) is 2.45. The van der Waals surface area contributed by atoms with Crippen LogP contribution in [0.25, 0.3) is 0 Å². The number of rotatable bonds is 3. The zero-order valence-corrected chi connectivity index (χ0v) is 12.0. The highest BCUT2D eigenvalue weighted by molar-refractivity contribution is 5.74. The van der Waals surface area contributed by atoms with Gasteiger partial charge in [0.05, 0.1) is 6.10 Å². The van der Waals surface area contributed by atoms with E-state index in [0.717, 1.165) is 6.42 Å². The molecule has 0 bridgehead atoms. The lowest BCUT2D eigenvalue weighted by molar-refractivity contribution is 0.0436. The summed E-state index contributed by atoms with van der Waals surface area (Å²) in [6, 6.07) is 3.39. The Balaban J connectivity index is 1.82. The molecule has 0 aliphatic carbocycles. The average molecular weight is 298 g/mol. The molecule has 2 rings (SSSR count). The Bertz CT molecular complexity index is 490. The third-order valence-electron chi connectivity index (χ3n) is 3.92. The zero-order chi connectivity index (χ0) is 15.4. The summed E-state index contributed by atoms with van der Waals surface area (Å²) in [5.74, 6) is -1.03. The molecule has 0 aromatic heterocycles. The summed E-state index contributed by atoms with van der Waals surface area (Å²) in [4.78, 5) is 13.5. The second kappa shape index (κ2) is 6.85. The van der Waals surface area contributed by atoms with Crippen molar-refractivity contribution < 1.29 is 18.7 Å². The number of carbonyl (C=O) groups excluding carboxylic acids is 1. The Morgan fingerprint density at radius 2 is 2.10 bits per heavy atom. The maximum absolute atomic E-state index is 13.4. The standard InChI is InChI=1S/C15H20F2N2O2/c1-10-6-8-19(9-14(10)20)15(21)18-7-5-11-12(16)3-2-4-13(11)17/h2-4,10,14,20H,5-9H2,1H3,(H,18,21). The predicted octanol–water partition coefficient (Wildman–Crippen LogP) is 1.92. The molecule has 2 unspecified atom stereocenters. The third kappa shape index (κ3) is 3.91. The molecule has 1 aliphatic heterocycles. The molecular weight excluding hydrogens is 278 g/mol. The zero-order valence-electron chi connectivity index (χ0n) is 12.0. The van der Waals surface area contributed by atoms with Crippen LogP contribution in [-0.4, -0.2) is 41.8 Å². The predicted molar refractivity (Wildman–Crippen MR) is 74.8 cm³/mol. The van der Waals surface area contributed by atoms with Gasteiger partial charge in [-0.25, -0.2) is 13.6 Å². The van der Waals surface area contributed by atoms with Crippen LogP contribution in [-0.2, 0) is 6.42 Å². The molecule has 0 radical (unpaired) electrons. The summed E-state index contributed by atoms with van der Waals surface area (Å²) in [6.07, 6.45) is 0.321. The lowest BCUT2D eigenvalue weighted by Gasteiger charge is -2.34. The molecule has 1 aliphatic rings. The highest BCUT2D eigenvalue weighted by Gasteiger charge is 2.27. The van der Waals surface area contributed by atoms with Gasteiger partial charge < -0.3 is 15.3 Å². The summed E-state index contributed by atoms with van der Waals surface area (Å²) in [7, 11) is 0. The maximum Gasteiger partial charge on any atom is 0.317 e. The molecule has 4 nitrogen and oxygen atoms in total. The van der Waals surface area contributed by atoms with Gasteiger partial charge in [0.1, 0.15) is 11.6 Å². The summed E-state index contributed by atoms with van der Waals surface area (Å²) < 4.78 is 26.9. The van der Waals surface area contributed by atoms with Crippen LogP contribution in [0.5, 0.6) is 0 Å². The fraction of sp³-hybridized carbons (Fsp3) is 0.533. The topological polar surface area (TPSA) is 52.6 Å². The second-order valence-electron chi connectivity index (χ2n) is 5.46. The minimum Gasteiger partial charge on any atom is -0.391 e. The van der Waals surface area contributed by atoms with Gasteiger partial charge in [-0.05, 0) is 30.9 Å². The van der Waals surface area contributed by atoms with Crippen LogP contribution in [0.3, 0.4) is 0 Å². The van der Waals surface area contributed by atoms with Crippen molar-refractivity contribution in [1.82, 2.24) is 10.2 Å². The highest BCUT2D eigenvalue weighted by Crippen LogP contribution is 2.17. The van der Waals surface area contributed by atoms with Crippen LogP contribution in [0.1, 0.15) is 18.9 Å². The van der Waals surface area contributed by atoms with Gasteiger partial charge in [-0.3, -0.25) is 0 Å². The molecular formula is C15H20F2N2O2. The third-order valence-corrected chi connectivity index (χ3v) is 3.92. The van der Waals surface area contributed by atoms with Crippen molar-refractivity contribution in [2.24, 2.45) is 5.92 Å². The van der Waals surface area contributed by atoms with Crippen molar-refractivity contribution in [3.05, 3.63) is 35.4 Å². The minimum atomic E-state index is -0.605. The number of urea groups is 1. The van der Waals surface area contributed by atoms with E-state index in [-0.39, 0.29) is 30.5 Å². The Labute approximate surface area is 122 Å². The molecule has 2 N–H and O–H groups in total. The molecule has 1 saturated heterocycles. The second-order valence-corrected chi connectivity index (χ2v) is 5.46. The molecule has 116 valence electrons. The number of carbonyl (C=O) groups is 1. The normalized spacial score (nSPS) is 22.2. The van der Waals surface area contributed by atoms with Crippen molar-refractivity contribution in [3.8, 4) is 0 Å². The van der Waals surface area contributed by atoms with E-state index in [1.54, 1.807) is 0 Å². The van der Waals surface area contributed by atoms with E-state index < -0.39 is 17.7 Å². The Kier molecular flexibility index (Phi) is 5.12. The molecule has 2 atom stereocenters. The quantitative estimate of drug-likeness (QED) is 0.896. The molecule has 1 heterocycles. The first-order valence-corrected chi connectivity index (χ1v) is 7.12.